The van der Waals surface area contributed by atoms with E-state index in [2.05, 4.69) is 0 Å². The summed E-state index contributed by atoms with van der Waals surface area (Å²) in [6.07, 6.45) is -0.135. The van der Waals surface area contributed by atoms with E-state index in [-0.39, 0.29) is 31.2 Å². The zero-order valence-electron chi connectivity index (χ0n) is 10.2. The van der Waals surface area contributed by atoms with Gasteiger partial charge in [-0.25, -0.2) is 9.18 Å². The minimum atomic E-state index is -2.28. The van der Waals surface area contributed by atoms with Crippen molar-refractivity contribution < 1.29 is 19.1 Å². The van der Waals surface area contributed by atoms with Crippen LogP contribution in [0.15, 0.2) is 35.2 Å². The summed E-state index contributed by atoms with van der Waals surface area (Å²) in [6.45, 7) is -0.187. The van der Waals surface area contributed by atoms with Crippen molar-refractivity contribution >= 4 is 23.6 Å². The first-order valence-corrected chi connectivity index (χ1v) is 6.88. The molecule has 1 amide bonds. The number of benzene rings is 1. The quantitative estimate of drug-likeness (QED) is 0.856. The molecule has 4 nitrogen and oxygen atoms in total. The van der Waals surface area contributed by atoms with Gasteiger partial charge in [-0.15, -0.1) is 11.8 Å². The van der Waals surface area contributed by atoms with Crippen LogP contribution in [0.25, 0.3) is 0 Å². The second-order valence-electron chi connectivity index (χ2n) is 4.44. The third-order valence-corrected chi connectivity index (χ3v) is 4.06. The van der Waals surface area contributed by atoms with Crippen molar-refractivity contribution in [3.63, 3.8) is 0 Å². The number of carboxylic acid groups (broad SMARTS) is 1. The van der Waals surface area contributed by atoms with E-state index in [0.29, 0.717) is 0 Å². The smallest absolute Gasteiger partial charge is 0.343 e. The molecule has 0 aromatic heterocycles. The number of alkyl halides is 1. The number of carbonyl (C=O) groups is 2. The number of likely N-dealkylation sites (tertiary alicyclic amines) is 1. The molecule has 1 unspecified atom stereocenters. The minimum absolute atomic E-state index is 0.135. The summed E-state index contributed by atoms with van der Waals surface area (Å²) in [5.74, 6) is -1.52. The zero-order chi connectivity index (χ0) is 13.9. The number of hydrogen-bond acceptors (Lipinski definition) is 3. The number of amides is 1. The lowest BCUT2D eigenvalue weighted by molar-refractivity contribution is -0.150. The molecule has 0 spiro atoms. The van der Waals surface area contributed by atoms with Crippen LogP contribution < -0.4 is 0 Å². The van der Waals surface area contributed by atoms with Crippen LogP contribution in [0.4, 0.5) is 4.39 Å². The molecule has 1 heterocycles. The number of carboxylic acids is 1. The van der Waals surface area contributed by atoms with Gasteiger partial charge in [0.25, 0.3) is 0 Å². The van der Waals surface area contributed by atoms with E-state index in [4.69, 9.17) is 5.11 Å². The highest BCUT2D eigenvalue weighted by Gasteiger charge is 2.46. The second kappa shape index (κ2) is 5.61. The first-order chi connectivity index (χ1) is 9.01. The van der Waals surface area contributed by atoms with Crippen LogP contribution in [-0.2, 0) is 9.59 Å². The Hall–Kier alpha value is -1.56. The number of rotatable bonds is 4. The first kappa shape index (κ1) is 13.9. The maximum Gasteiger partial charge on any atom is 0.343 e. The SMILES string of the molecule is O=C(CSc1ccccc1)N1CCC(F)(C(=O)O)C1. The molecule has 1 N–H and O–H groups in total. The number of halogens is 1. The summed E-state index contributed by atoms with van der Waals surface area (Å²) < 4.78 is 13.8. The van der Waals surface area contributed by atoms with E-state index in [1.807, 2.05) is 30.3 Å². The minimum Gasteiger partial charge on any atom is -0.479 e. The van der Waals surface area contributed by atoms with Crippen LogP contribution >= 0.6 is 11.8 Å². The van der Waals surface area contributed by atoms with Crippen molar-refractivity contribution in [2.45, 2.75) is 17.0 Å². The Kier molecular flexibility index (Phi) is 4.09. The van der Waals surface area contributed by atoms with Gasteiger partial charge in [-0.2, -0.15) is 0 Å². The van der Waals surface area contributed by atoms with E-state index >= 15 is 0 Å². The zero-order valence-corrected chi connectivity index (χ0v) is 11.0. The standard InChI is InChI=1S/C13H14FNO3S/c14-13(12(17)18)6-7-15(9-13)11(16)8-19-10-4-2-1-3-5-10/h1-5H,6-9H2,(H,17,18). The molecular formula is C13H14FNO3S. The van der Waals surface area contributed by atoms with E-state index in [1.54, 1.807) is 0 Å². The van der Waals surface area contributed by atoms with Crippen molar-refractivity contribution in [1.82, 2.24) is 4.90 Å². The normalized spacial score (nSPS) is 22.5. The molecule has 1 saturated heterocycles. The van der Waals surface area contributed by atoms with Crippen LogP contribution in [0.3, 0.4) is 0 Å². The van der Waals surface area contributed by atoms with Gasteiger partial charge in [0.15, 0.2) is 0 Å². The fourth-order valence-corrected chi connectivity index (χ4v) is 2.74. The van der Waals surface area contributed by atoms with E-state index in [9.17, 15) is 14.0 Å². The highest BCUT2D eigenvalue weighted by atomic mass is 32.2. The number of hydrogen-bond donors (Lipinski definition) is 1. The van der Waals surface area contributed by atoms with Crippen LogP contribution in [0.1, 0.15) is 6.42 Å². The van der Waals surface area contributed by atoms with Crippen LogP contribution in [0, 0.1) is 0 Å². The van der Waals surface area contributed by atoms with Gasteiger partial charge < -0.3 is 10.0 Å². The van der Waals surface area contributed by atoms with Crippen molar-refractivity contribution in [3.8, 4) is 0 Å². The Labute approximate surface area is 114 Å². The molecule has 0 bridgehead atoms. The summed E-state index contributed by atoms with van der Waals surface area (Å²) in [7, 11) is 0. The summed E-state index contributed by atoms with van der Waals surface area (Å²) >= 11 is 1.36. The van der Waals surface area contributed by atoms with Gasteiger partial charge >= 0.3 is 5.97 Å². The number of carbonyl (C=O) groups excluding carboxylic acids is 1. The van der Waals surface area contributed by atoms with Crippen molar-refractivity contribution in [1.29, 1.82) is 0 Å². The summed E-state index contributed by atoms with van der Waals surface area (Å²) in [5, 5.41) is 8.76. The number of thioether (sulfide) groups is 1. The molecule has 1 fully saturated rings. The maximum atomic E-state index is 13.8. The van der Waals surface area contributed by atoms with Gasteiger partial charge in [0, 0.05) is 17.9 Å². The van der Waals surface area contributed by atoms with Crippen molar-refractivity contribution in [2.24, 2.45) is 0 Å². The molecule has 0 saturated carbocycles. The second-order valence-corrected chi connectivity index (χ2v) is 5.49. The van der Waals surface area contributed by atoms with Crippen LogP contribution in [-0.4, -0.2) is 46.4 Å². The first-order valence-electron chi connectivity index (χ1n) is 5.89. The predicted octanol–water partition coefficient (Wildman–Crippen LogP) is 1.80. The lowest BCUT2D eigenvalue weighted by atomic mass is 10.1. The molecule has 102 valence electrons. The van der Waals surface area contributed by atoms with Gasteiger partial charge in [-0.05, 0) is 12.1 Å². The Morgan fingerprint density at radius 2 is 2.05 bits per heavy atom. The molecular weight excluding hydrogens is 269 g/mol. The molecule has 6 heteroatoms. The van der Waals surface area contributed by atoms with Gasteiger partial charge in [0.05, 0.1) is 12.3 Å². The molecule has 2 rings (SSSR count). The fourth-order valence-electron chi connectivity index (χ4n) is 1.91. The lowest BCUT2D eigenvalue weighted by Crippen LogP contribution is -2.39. The van der Waals surface area contributed by atoms with Gasteiger partial charge in [-0.1, -0.05) is 18.2 Å². The summed E-state index contributed by atoms with van der Waals surface area (Å²) in [4.78, 5) is 24.9. The van der Waals surface area contributed by atoms with Crippen LogP contribution in [0.2, 0.25) is 0 Å². The van der Waals surface area contributed by atoms with Gasteiger partial charge in [-0.3, -0.25) is 4.79 Å². The Morgan fingerprint density at radius 3 is 2.63 bits per heavy atom. The van der Waals surface area contributed by atoms with Crippen LogP contribution in [0.5, 0.6) is 0 Å². The summed E-state index contributed by atoms with van der Waals surface area (Å²) in [5.41, 5.74) is -2.28. The number of aliphatic carboxylic acids is 1. The van der Waals surface area contributed by atoms with E-state index < -0.39 is 11.6 Å². The molecule has 19 heavy (non-hydrogen) atoms. The average molecular weight is 283 g/mol. The third kappa shape index (κ3) is 3.26. The van der Waals surface area contributed by atoms with Crippen molar-refractivity contribution in [3.05, 3.63) is 30.3 Å². The molecule has 1 atom stereocenters. The topological polar surface area (TPSA) is 57.6 Å². The Morgan fingerprint density at radius 1 is 1.37 bits per heavy atom. The highest BCUT2D eigenvalue weighted by Crippen LogP contribution is 2.27. The lowest BCUT2D eigenvalue weighted by Gasteiger charge is -2.17. The van der Waals surface area contributed by atoms with Gasteiger partial charge in [0.2, 0.25) is 11.6 Å². The van der Waals surface area contributed by atoms with Crippen molar-refractivity contribution in [2.75, 3.05) is 18.8 Å². The Balaban J connectivity index is 1.87. The highest BCUT2D eigenvalue weighted by molar-refractivity contribution is 8.00. The third-order valence-electron chi connectivity index (χ3n) is 3.06. The van der Waals surface area contributed by atoms with E-state index in [0.717, 1.165) is 4.90 Å². The molecule has 0 radical (unpaired) electrons. The predicted molar refractivity (Wildman–Crippen MR) is 69.8 cm³/mol. The molecule has 0 aliphatic carbocycles. The molecule has 1 aliphatic rings. The largest absolute Gasteiger partial charge is 0.479 e. The maximum absolute atomic E-state index is 13.8. The summed E-state index contributed by atoms with van der Waals surface area (Å²) in [6, 6.07) is 9.41. The monoisotopic (exact) mass is 283 g/mol. The molecule has 1 aromatic carbocycles. The molecule has 1 aromatic rings. The van der Waals surface area contributed by atoms with E-state index in [1.165, 1.54) is 16.7 Å². The average Bonchev–Trinajstić information content (AvgIpc) is 2.81. The van der Waals surface area contributed by atoms with Gasteiger partial charge in [0.1, 0.15) is 0 Å². The molecule has 1 aliphatic heterocycles. The fraction of sp³-hybridized carbons (Fsp3) is 0.385. The number of nitrogens with zero attached hydrogens (tertiary/aromatic N) is 1. The Bertz CT molecular complexity index is 482.